The molecular weight excluding hydrogens is 276 g/mol. The summed E-state index contributed by atoms with van der Waals surface area (Å²) in [7, 11) is 1.32. The summed E-state index contributed by atoms with van der Waals surface area (Å²) in [6.45, 7) is 1.08. The van der Waals surface area contributed by atoms with Crippen molar-refractivity contribution in [2.24, 2.45) is 0 Å². The number of carbonyl (C=O) groups is 3. The number of ether oxygens (including phenoxy) is 1. The highest BCUT2D eigenvalue weighted by Gasteiger charge is 2.39. The highest BCUT2D eigenvalue weighted by molar-refractivity contribution is 5.84. The van der Waals surface area contributed by atoms with Crippen molar-refractivity contribution in [3.05, 3.63) is 0 Å². The predicted molar refractivity (Wildman–Crippen MR) is 73.7 cm³/mol. The highest BCUT2D eigenvalue weighted by Crippen LogP contribution is 2.25. The van der Waals surface area contributed by atoms with Crippen LogP contribution in [0.2, 0.25) is 0 Å². The summed E-state index contributed by atoms with van der Waals surface area (Å²) in [6.07, 6.45) is 3.84. The van der Waals surface area contributed by atoms with Crippen LogP contribution in [0, 0.1) is 0 Å². The molecular formula is C14H22N2O5. The number of carboxylic acid groups (broad SMARTS) is 1. The van der Waals surface area contributed by atoms with Gasteiger partial charge in [-0.25, -0.2) is 9.59 Å². The van der Waals surface area contributed by atoms with E-state index in [4.69, 9.17) is 9.84 Å². The SMILES string of the molecule is COC(=O)C1CCCN1C(=O)N1CCCCC1CC(=O)O. The Labute approximate surface area is 123 Å². The molecule has 2 unspecified atom stereocenters. The predicted octanol–water partition coefficient (Wildman–Crippen LogP) is 1.07. The van der Waals surface area contributed by atoms with E-state index in [2.05, 4.69) is 0 Å². The van der Waals surface area contributed by atoms with Crippen molar-refractivity contribution in [3.63, 3.8) is 0 Å². The molecule has 0 aromatic heterocycles. The molecule has 0 spiro atoms. The molecule has 2 fully saturated rings. The molecule has 0 aromatic carbocycles. The molecule has 2 heterocycles. The van der Waals surface area contributed by atoms with Gasteiger partial charge in [0, 0.05) is 19.1 Å². The van der Waals surface area contributed by atoms with Crippen LogP contribution in [0.3, 0.4) is 0 Å². The normalized spacial score (nSPS) is 25.8. The maximum atomic E-state index is 12.7. The van der Waals surface area contributed by atoms with Crippen molar-refractivity contribution in [2.45, 2.75) is 50.6 Å². The van der Waals surface area contributed by atoms with E-state index in [0.717, 1.165) is 19.3 Å². The Kier molecular flexibility index (Phi) is 5.03. The highest BCUT2D eigenvalue weighted by atomic mass is 16.5. The average Bonchev–Trinajstić information content (AvgIpc) is 2.95. The van der Waals surface area contributed by atoms with E-state index < -0.39 is 18.0 Å². The van der Waals surface area contributed by atoms with E-state index in [0.29, 0.717) is 25.9 Å². The van der Waals surface area contributed by atoms with Gasteiger partial charge in [0.15, 0.2) is 0 Å². The maximum absolute atomic E-state index is 12.7. The van der Waals surface area contributed by atoms with Crippen LogP contribution in [0.4, 0.5) is 4.79 Å². The second kappa shape index (κ2) is 6.78. The number of piperidine rings is 1. The van der Waals surface area contributed by atoms with Crippen molar-refractivity contribution in [1.29, 1.82) is 0 Å². The first-order valence-corrected chi connectivity index (χ1v) is 7.41. The molecule has 21 heavy (non-hydrogen) atoms. The number of carboxylic acids is 1. The van der Waals surface area contributed by atoms with Gasteiger partial charge in [0.2, 0.25) is 0 Å². The van der Waals surface area contributed by atoms with Crippen molar-refractivity contribution in [3.8, 4) is 0 Å². The Morgan fingerprint density at radius 1 is 1.10 bits per heavy atom. The second-order valence-electron chi connectivity index (χ2n) is 5.60. The smallest absolute Gasteiger partial charge is 0.328 e. The number of hydrogen-bond acceptors (Lipinski definition) is 4. The molecule has 0 aliphatic carbocycles. The van der Waals surface area contributed by atoms with Gasteiger partial charge in [-0.2, -0.15) is 0 Å². The number of rotatable bonds is 3. The molecule has 0 aromatic rings. The van der Waals surface area contributed by atoms with Crippen LogP contribution in [0.15, 0.2) is 0 Å². The van der Waals surface area contributed by atoms with Crippen LogP contribution in [0.1, 0.15) is 38.5 Å². The van der Waals surface area contributed by atoms with E-state index in [1.54, 1.807) is 4.90 Å². The first-order chi connectivity index (χ1) is 10.0. The second-order valence-corrected chi connectivity index (χ2v) is 5.60. The minimum atomic E-state index is -0.898. The van der Waals surface area contributed by atoms with Gasteiger partial charge in [-0.05, 0) is 32.1 Å². The van der Waals surface area contributed by atoms with Crippen molar-refractivity contribution < 1.29 is 24.2 Å². The molecule has 0 saturated carbocycles. The van der Waals surface area contributed by atoms with Crippen molar-refractivity contribution >= 4 is 18.0 Å². The molecule has 2 amide bonds. The molecule has 2 aliphatic rings. The maximum Gasteiger partial charge on any atom is 0.328 e. The van der Waals surface area contributed by atoms with Crippen LogP contribution >= 0.6 is 0 Å². The summed E-state index contributed by atoms with van der Waals surface area (Å²) in [5.74, 6) is -1.29. The van der Waals surface area contributed by atoms with E-state index in [1.807, 2.05) is 0 Å². The lowest BCUT2D eigenvalue weighted by Crippen LogP contribution is -2.53. The van der Waals surface area contributed by atoms with Crippen molar-refractivity contribution in [2.75, 3.05) is 20.2 Å². The number of aliphatic carboxylic acids is 1. The summed E-state index contributed by atoms with van der Waals surface area (Å²) in [6, 6.07) is -1.04. The summed E-state index contributed by atoms with van der Waals surface area (Å²) in [5, 5.41) is 8.98. The molecule has 2 rings (SSSR count). The molecule has 2 saturated heterocycles. The van der Waals surface area contributed by atoms with E-state index >= 15 is 0 Å². The van der Waals surface area contributed by atoms with Gasteiger partial charge in [-0.3, -0.25) is 4.79 Å². The Hall–Kier alpha value is -1.79. The minimum Gasteiger partial charge on any atom is -0.481 e. The fourth-order valence-electron chi connectivity index (χ4n) is 3.21. The Morgan fingerprint density at radius 2 is 1.81 bits per heavy atom. The third-order valence-electron chi connectivity index (χ3n) is 4.25. The summed E-state index contributed by atoms with van der Waals surface area (Å²) < 4.78 is 4.75. The number of esters is 1. The van der Waals surface area contributed by atoms with Crippen LogP contribution in [-0.4, -0.2) is 65.2 Å². The number of carbonyl (C=O) groups excluding carboxylic acids is 2. The number of amides is 2. The standard InChI is InChI=1S/C14H22N2O5/c1-21-13(19)11-6-4-8-16(11)14(20)15-7-3-2-5-10(15)9-12(17)18/h10-11H,2-9H2,1H3,(H,17,18). The minimum absolute atomic E-state index is 0.0392. The topological polar surface area (TPSA) is 87.2 Å². The zero-order chi connectivity index (χ0) is 15.4. The molecule has 2 atom stereocenters. The molecule has 2 aliphatic heterocycles. The molecule has 0 bridgehead atoms. The lowest BCUT2D eigenvalue weighted by atomic mass is 10.00. The van der Waals surface area contributed by atoms with Crippen LogP contribution in [0.25, 0.3) is 0 Å². The number of likely N-dealkylation sites (tertiary alicyclic amines) is 2. The van der Waals surface area contributed by atoms with E-state index in [-0.39, 0.29) is 18.5 Å². The van der Waals surface area contributed by atoms with Crippen LogP contribution < -0.4 is 0 Å². The van der Waals surface area contributed by atoms with Crippen LogP contribution in [0.5, 0.6) is 0 Å². The quantitative estimate of drug-likeness (QED) is 0.788. The number of nitrogens with zero attached hydrogens (tertiary/aromatic N) is 2. The molecule has 7 nitrogen and oxygen atoms in total. The van der Waals surface area contributed by atoms with Crippen molar-refractivity contribution in [1.82, 2.24) is 9.80 Å². The summed E-state index contributed by atoms with van der Waals surface area (Å²) >= 11 is 0. The van der Waals surface area contributed by atoms with Gasteiger partial charge in [-0.15, -0.1) is 0 Å². The molecule has 7 heteroatoms. The number of methoxy groups -OCH3 is 1. The lowest BCUT2D eigenvalue weighted by Gasteiger charge is -2.38. The third-order valence-corrected chi connectivity index (χ3v) is 4.25. The molecule has 1 N–H and O–H groups in total. The zero-order valence-corrected chi connectivity index (χ0v) is 12.3. The largest absolute Gasteiger partial charge is 0.481 e. The number of urea groups is 1. The van der Waals surface area contributed by atoms with Gasteiger partial charge in [0.25, 0.3) is 0 Å². The fourth-order valence-corrected chi connectivity index (χ4v) is 3.21. The third kappa shape index (κ3) is 3.46. The summed E-state index contributed by atoms with van der Waals surface area (Å²) in [4.78, 5) is 38.5. The first kappa shape index (κ1) is 15.6. The van der Waals surface area contributed by atoms with Gasteiger partial charge < -0.3 is 19.6 Å². The lowest BCUT2D eigenvalue weighted by molar-refractivity contribution is -0.145. The van der Waals surface area contributed by atoms with Gasteiger partial charge in [-0.1, -0.05) is 0 Å². The monoisotopic (exact) mass is 298 g/mol. The first-order valence-electron chi connectivity index (χ1n) is 7.41. The van der Waals surface area contributed by atoms with Gasteiger partial charge >= 0.3 is 18.0 Å². The van der Waals surface area contributed by atoms with Gasteiger partial charge in [0.05, 0.1) is 13.5 Å². The Morgan fingerprint density at radius 3 is 2.48 bits per heavy atom. The Bertz CT molecular complexity index is 426. The van der Waals surface area contributed by atoms with Gasteiger partial charge in [0.1, 0.15) is 6.04 Å². The summed E-state index contributed by atoms with van der Waals surface area (Å²) in [5.41, 5.74) is 0. The fraction of sp³-hybridized carbons (Fsp3) is 0.786. The van der Waals surface area contributed by atoms with E-state index in [1.165, 1.54) is 12.0 Å². The average molecular weight is 298 g/mol. The number of hydrogen-bond donors (Lipinski definition) is 1. The van der Waals surface area contributed by atoms with E-state index in [9.17, 15) is 14.4 Å². The zero-order valence-electron chi connectivity index (χ0n) is 12.3. The molecule has 118 valence electrons. The Balaban J connectivity index is 2.09. The molecule has 0 radical (unpaired) electrons. The van der Waals surface area contributed by atoms with Crippen LogP contribution in [-0.2, 0) is 14.3 Å².